The molecule has 0 saturated heterocycles. The van der Waals surface area contributed by atoms with Gasteiger partial charge in [0.25, 0.3) is 0 Å². The lowest BCUT2D eigenvalue weighted by Gasteiger charge is -2.23. The zero-order valence-electron chi connectivity index (χ0n) is 23.7. The van der Waals surface area contributed by atoms with E-state index in [0.29, 0.717) is 5.84 Å². The Bertz CT molecular complexity index is 2360. The molecule has 9 rings (SSSR count). The van der Waals surface area contributed by atoms with Gasteiger partial charge in [0.1, 0.15) is 23.2 Å². The predicted molar refractivity (Wildman–Crippen MR) is 180 cm³/mol. The number of aromatic nitrogens is 1. The van der Waals surface area contributed by atoms with E-state index in [1.54, 1.807) is 0 Å². The predicted octanol–water partition coefficient (Wildman–Crippen LogP) is 9.18. The Balaban J connectivity index is 1.15. The summed E-state index contributed by atoms with van der Waals surface area (Å²) in [6, 6.07) is 50.4. The molecule has 1 N–H and O–H groups in total. The number of para-hydroxylation sites is 2. The van der Waals surface area contributed by atoms with E-state index >= 15 is 0 Å². The Morgan fingerprint density at radius 2 is 1.20 bits per heavy atom. The van der Waals surface area contributed by atoms with Crippen LogP contribution in [-0.2, 0) is 0 Å². The van der Waals surface area contributed by atoms with E-state index in [9.17, 15) is 0 Å². The highest BCUT2D eigenvalue weighted by Crippen LogP contribution is 2.36. The molecule has 0 fully saturated rings. The summed E-state index contributed by atoms with van der Waals surface area (Å²) in [4.78, 5) is 9.94. The molecule has 0 aliphatic carbocycles. The van der Waals surface area contributed by atoms with Gasteiger partial charge in [-0.1, -0.05) is 109 Å². The molecule has 5 nitrogen and oxygen atoms in total. The summed E-state index contributed by atoms with van der Waals surface area (Å²) < 4.78 is 8.78. The molecule has 208 valence electrons. The van der Waals surface area contributed by atoms with Gasteiger partial charge in [-0.2, -0.15) is 0 Å². The summed E-state index contributed by atoms with van der Waals surface area (Å²) in [5.41, 5.74) is 8.19. The summed E-state index contributed by atoms with van der Waals surface area (Å²) in [7, 11) is 0. The van der Waals surface area contributed by atoms with Crippen LogP contribution in [0.3, 0.4) is 0 Å². The van der Waals surface area contributed by atoms with Gasteiger partial charge in [0, 0.05) is 43.9 Å². The molecule has 2 aromatic heterocycles. The summed E-state index contributed by atoms with van der Waals surface area (Å²) in [6.07, 6.45) is -0.316. The van der Waals surface area contributed by atoms with Crippen molar-refractivity contribution in [3.05, 3.63) is 162 Å². The Hall–Kier alpha value is -5.94. The molecule has 6 aromatic carbocycles. The minimum Gasteiger partial charge on any atom is -0.456 e. The third-order valence-electron chi connectivity index (χ3n) is 8.45. The van der Waals surface area contributed by atoms with Crippen LogP contribution in [0.5, 0.6) is 0 Å². The quantitative estimate of drug-likeness (QED) is 0.231. The van der Waals surface area contributed by atoms with Gasteiger partial charge in [-0.05, 0) is 36.4 Å². The Kier molecular flexibility index (Phi) is 5.50. The first kappa shape index (κ1) is 24.6. The zero-order valence-corrected chi connectivity index (χ0v) is 23.7. The van der Waals surface area contributed by atoms with Crippen LogP contribution in [0, 0.1) is 0 Å². The highest BCUT2D eigenvalue weighted by atomic mass is 16.3. The Labute approximate surface area is 253 Å². The van der Waals surface area contributed by atoms with Gasteiger partial charge in [0.05, 0.1) is 11.0 Å². The molecule has 44 heavy (non-hydrogen) atoms. The van der Waals surface area contributed by atoms with Gasteiger partial charge in [0.2, 0.25) is 0 Å². The average Bonchev–Trinajstić information content (AvgIpc) is 3.64. The van der Waals surface area contributed by atoms with Gasteiger partial charge in [-0.25, -0.2) is 9.98 Å². The molecule has 5 heteroatoms. The van der Waals surface area contributed by atoms with Crippen molar-refractivity contribution in [3.63, 3.8) is 0 Å². The first-order valence-electron chi connectivity index (χ1n) is 14.8. The molecule has 0 amide bonds. The summed E-state index contributed by atoms with van der Waals surface area (Å²) in [6.45, 7) is 0. The minimum absolute atomic E-state index is 0.316. The minimum atomic E-state index is -0.316. The van der Waals surface area contributed by atoms with E-state index in [1.807, 2.05) is 48.5 Å². The lowest BCUT2D eigenvalue weighted by atomic mass is 10.1. The van der Waals surface area contributed by atoms with Crippen LogP contribution in [0.2, 0.25) is 0 Å². The fourth-order valence-corrected chi connectivity index (χ4v) is 6.37. The fourth-order valence-electron chi connectivity index (χ4n) is 6.37. The number of hydrogen-bond donors (Lipinski definition) is 1. The third-order valence-corrected chi connectivity index (χ3v) is 8.45. The first-order chi connectivity index (χ1) is 21.8. The van der Waals surface area contributed by atoms with Crippen molar-refractivity contribution in [2.45, 2.75) is 6.17 Å². The largest absolute Gasteiger partial charge is 0.456 e. The lowest BCUT2D eigenvalue weighted by Crippen LogP contribution is -2.33. The van der Waals surface area contributed by atoms with E-state index in [0.717, 1.165) is 50.2 Å². The van der Waals surface area contributed by atoms with Crippen molar-refractivity contribution >= 4 is 55.4 Å². The Morgan fingerprint density at radius 3 is 1.93 bits per heavy atom. The SMILES string of the molecule is c1ccc(C2=NC(c3ccc4c(c3)oc3ccc(-n5c6ccccc6c6ccccc65)cc34)NC(c3ccccc3)=N2)cc1. The van der Waals surface area contributed by atoms with Crippen LogP contribution in [0.25, 0.3) is 49.4 Å². The number of nitrogens with zero attached hydrogens (tertiary/aromatic N) is 3. The van der Waals surface area contributed by atoms with Crippen LogP contribution in [0.15, 0.2) is 160 Å². The molecule has 0 bridgehead atoms. The molecule has 0 saturated carbocycles. The molecule has 0 spiro atoms. The highest BCUT2D eigenvalue weighted by Gasteiger charge is 2.22. The standard InChI is InChI=1S/C39H26N4O/c1-3-11-25(12-4-1)37-40-38(26-13-5-2-6-14-26)42-39(41-37)27-19-21-31-32-24-28(20-22-35(32)44-36(31)23-27)43-33-17-9-7-15-29(33)30-16-8-10-18-34(30)43/h1-24,39H,(H,40,41,42). The smallest absolute Gasteiger partial charge is 0.159 e. The van der Waals surface area contributed by atoms with Crippen LogP contribution in [0.4, 0.5) is 0 Å². The lowest BCUT2D eigenvalue weighted by molar-refractivity contribution is 0.655. The second kappa shape index (κ2) is 9.82. The molecule has 3 heterocycles. The van der Waals surface area contributed by atoms with Crippen LogP contribution < -0.4 is 5.32 Å². The maximum Gasteiger partial charge on any atom is 0.159 e. The van der Waals surface area contributed by atoms with E-state index in [1.165, 1.54) is 21.8 Å². The second-order valence-corrected chi connectivity index (χ2v) is 11.1. The molecule has 1 atom stereocenters. The number of benzene rings is 6. The molecular weight excluding hydrogens is 540 g/mol. The van der Waals surface area contributed by atoms with Crippen LogP contribution >= 0.6 is 0 Å². The number of amidine groups is 2. The van der Waals surface area contributed by atoms with E-state index in [4.69, 9.17) is 14.4 Å². The van der Waals surface area contributed by atoms with Crippen molar-refractivity contribution in [1.82, 2.24) is 9.88 Å². The van der Waals surface area contributed by atoms with Crippen molar-refractivity contribution in [3.8, 4) is 5.69 Å². The second-order valence-electron chi connectivity index (χ2n) is 11.1. The van der Waals surface area contributed by atoms with E-state index in [2.05, 4.69) is 107 Å². The topological polar surface area (TPSA) is 54.8 Å². The van der Waals surface area contributed by atoms with E-state index in [-0.39, 0.29) is 6.17 Å². The first-order valence-corrected chi connectivity index (χ1v) is 14.8. The number of furan rings is 1. The monoisotopic (exact) mass is 566 g/mol. The summed E-state index contributed by atoms with van der Waals surface area (Å²) in [5, 5.41) is 8.22. The fraction of sp³-hybridized carbons (Fsp3) is 0.0256. The summed E-state index contributed by atoms with van der Waals surface area (Å²) >= 11 is 0. The van der Waals surface area contributed by atoms with Crippen LogP contribution in [-0.4, -0.2) is 16.2 Å². The van der Waals surface area contributed by atoms with Gasteiger partial charge in [-0.3, -0.25) is 0 Å². The number of fused-ring (bicyclic) bond motifs is 6. The van der Waals surface area contributed by atoms with Gasteiger partial charge < -0.3 is 14.3 Å². The summed E-state index contributed by atoms with van der Waals surface area (Å²) in [5.74, 6) is 1.50. The molecule has 1 unspecified atom stereocenters. The number of rotatable bonds is 4. The van der Waals surface area contributed by atoms with Crippen molar-refractivity contribution in [2.24, 2.45) is 9.98 Å². The third kappa shape index (κ3) is 3.94. The van der Waals surface area contributed by atoms with Gasteiger partial charge >= 0.3 is 0 Å². The number of hydrogen-bond acceptors (Lipinski definition) is 4. The van der Waals surface area contributed by atoms with Crippen molar-refractivity contribution in [2.75, 3.05) is 0 Å². The van der Waals surface area contributed by atoms with E-state index < -0.39 is 0 Å². The molecule has 1 aliphatic heterocycles. The normalized spacial score (nSPS) is 15.0. The number of aliphatic imine (C=N–C) groups is 2. The maximum absolute atomic E-state index is 6.44. The van der Waals surface area contributed by atoms with Crippen molar-refractivity contribution < 1.29 is 4.42 Å². The molecule has 8 aromatic rings. The van der Waals surface area contributed by atoms with Crippen molar-refractivity contribution in [1.29, 1.82) is 0 Å². The van der Waals surface area contributed by atoms with Gasteiger partial charge in [0.15, 0.2) is 5.84 Å². The van der Waals surface area contributed by atoms with Gasteiger partial charge in [-0.15, -0.1) is 0 Å². The molecule has 1 aliphatic rings. The van der Waals surface area contributed by atoms with Crippen LogP contribution in [0.1, 0.15) is 22.9 Å². The molecular formula is C39H26N4O. The Morgan fingerprint density at radius 1 is 0.545 bits per heavy atom. The number of nitrogens with one attached hydrogen (secondary N) is 1. The molecule has 0 radical (unpaired) electrons. The maximum atomic E-state index is 6.44. The average molecular weight is 567 g/mol. The zero-order chi connectivity index (χ0) is 29.0. The highest BCUT2D eigenvalue weighted by molar-refractivity contribution is 6.13.